The summed E-state index contributed by atoms with van der Waals surface area (Å²) in [6.07, 6.45) is 1.47. The van der Waals surface area contributed by atoms with Crippen molar-refractivity contribution in [1.29, 1.82) is 0 Å². The molecule has 0 aliphatic heterocycles. The van der Waals surface area contributed by atoms with Gasteiger partial charge in [0.05, 0.1) is 26.5 Å². The second kappa shape index (κ2) is 8.75. The maximum Gasteiger partial charge on any atom is 0.269 e. The quantitative estimate of drug-likeness (QED) is 0.755. The fraction of sp³-hybridized carbons (Fsp3) is 0.294. The number of benzene rings is 1. The van der Waals surface area contributed by atoms with Gasteiger partial charge in [-0.3, -0.25) is 4.79 Å². The van der Waals surface area contributed by atoms with E-state index in [1.54, 1.807) is 13.1 Å². The molecule has 23 heavy (non-hydrogen) atoms. The third kappa shape index (κ3) is 4.96. The lowest BCUT2D eigenvalue weighted by molar-refractivity contribution is 0.0877. The number of rotatable bonds is 8. The Morgan fingerprint density at radius 3 is 2.65 bits per heavy atom. The molecule has 1 heterocycles. The molecular formula is C17H20N2O4. The van der Waals surface area contributed by atoms with Crippen LogP contribution in [0.4, 0.5) is 0 Å². The van der Waals surface area contributed by atoms with Gasteiger partial charge in [-0.1, -0.05) is 30.3 Å². The zero-order chi connectivity index (χ0) is 16.5. The number of amides is 1. The van der Waals surface area contributed by atoms with Gasteiger partial charge in [0.1, 0.15) is 12.3 Å². The Labute approximate surface area is 135 Å². The minimum atomic E-state index is -0.277. The second-order valence-corrected chi connectivity index (χ2v) is 4.69. The maximum absolute atomic E-state index is 11.5. The lowest BCUT2D eigenvalue weighted by atomic mass is 10.2. The predicted molar refractivity (Wildman–Crippen MR) is 85.8 cm³/mol. The second-order valence-electron chi connectivity index (χ2n) is 4.69. The Morgan fingerprint density at radius 2 is 1.96 bits per heavy atom. The van der Waals surface area contributed by atoms with E-state index in [1.807, 2.05) is 30.3 Å². The summed E-state index contributed by atoms with van der Waals surface area (Å²) < 4.78 is 16.4. The van der Waals surface area contributed by atoms with Crippen molar-refractivity contribution in [2.45, 2.75) is 6.61 Å². The molecule has 0 radical (unpaired) electrons. The highest BCUT2D eigenvalue weighted by Gasteiger charge is 2.11. The smallest absolute Gasteiger partial charge is 0.269 e. The Kier molecular flexibility index (Phi) is 6.38. The van der Waals surface area contributed by atoms with Crippen LogP contribution in [0, 0.1) is 0 Å². The predicted octanol–water partition coefficient (Wildman–Crippen LogP) is 2.05. The number of nitrogens with zero attached hydrogens (tertiary/aromatic N) is 1. The first kappa shape index (κ1) is 16.8. The van der Waals surface area contributed by atoms with E-state index in [4.69, 9.17) is 14.2 Å². The summed E-state index contributed by atoms with van der Waals surface area (Å²) >= 11 is 0. The van der Waals surface area contributed by atoms with Crippen molar-refractivity contribution in [1.82, 2.24) is 10.3 Å². The van der Waals surface area contributed by atoms with Crippen LogP contribution in [0.1, 0.15) is 16.1 Å². The van der Waals surface area contributed by atoms with Crippen molar-refractivity contribution < 1.29 is 19.0 Å². The molecule has 0 spiro atoms. The topological polar surface area (TPSA) is 69.7 Å². The SMILES string of the molecule is CNC(=O)c1cc(OC)c(OCCOCc2ccccc2)cn1. The lowest BCUT2D eigenvalue weighted by Gasteiger charge is -2.11. The van der Waals surface area contributed by atoms with E-state index in [-0.39, 0.29) is 11.6 Å². The molecule has 6 heteroatoms. The fourth-order valence-electron chi connectivity index (χ4n) is 1.92. The molecule has 1 aromatic carbocycles. The van der Waals surface area contributed by atoms with Gasteiger partial charge in [-0.15, -0.1) is 0 Å². The lowest BCUT2D eigenvalue weighted by Crippen LogP contribution is -2.19. The average molecular weight is 316 g/mol. The monoisotopic (exact) mass is 316 g/mol. The highest BCUT2D eigenvalue weighted by molar-refractivity contribution is 5.92. The molecule has 2 rings (SSSR count). The number of hydrogen-bond acceptors (Lipinski definition) is 5. The summed E-state index contributed by atoms with van der Waals surface area (Å²) in [6.45, 7) is 1.34. The van der Waals surface area contributed by atoms with Crippen LogP contribution in [0.3, 0.4) is 0 Å². The van der Waals surface area contributed by atoms with Gasteiger partial charge in [0.15, 0.2) is 11.5 Å². The molecule has 1 amide bonds. The summed E-state index contributed by atoms with van der Waals surface area (Å²) in [5, 5.41) is 2.51. The average Bonchev–Trinajstić information content (AvgIpc) is 2.61. The van der Waals surface area contributed by atoms with Crippen LogP contribution in [-0.2, 0) is 11.3 Å². The summed E-state index contributed by atoms with van der Waals surface area (Å²) in [5.74, 6) is 0.658. The van der Waals surface area contributed by atoms with Crippen molar-refractivity contribution in [3.8, 4) is 11.5 Å². The first-order valence-electron chi connectivity index (χ1n) is 7.25. The maximum atomic E-state index is 11.5. The molecule has 1 aromatic heterocycles. The summed E-state index contributed by atoms with van der Waals surface area (Å²) in [5.41, 5.74) is 1.39. The Morgan fingerprint density at radius 1 is 1.17 bits per heavy atom. The highest BCUT2D eigenvalue weighted by Crippen LogP contribution is 2.26. The molecule has 122 valence electrons. The minimum absolute atomic E-state index is 0.275. The molecule has 0 bridgehead atoms. The van der Waals surface area contributed by atoms with Crippen molar-refractivity contribution in [2.24, 2.45) is 0 Å². The van der Waals surface area contributed by atoms with E-state index in [2.05, 4.69) is 10.3 Å². The van der Waals surface area contributed by atoms with Gasteiger partial charge in [-0.2, -0.15) is 0 Å². The molecule has 0 aliphatic carbocycles. The number of nitrogens with one attached hydrogen (secondary N) is 1. The third-order valence-corrected chi connectivity index (χ3v) is 3.11. The van der Waals surface area contributed by atoms with E-state index < -0.39 is 0 Å². The molecular weight excluding hydrogens is 296 g/mol. The van der Waals surface area contributed by atoms with Crippen LogP contribution in [-0.4, -0.2) is 38.3 Å². The molecule has 0 saturated heterocycles. The first-order chi connectivity index (χ1) is 11.2. The zero-order valence-electron chi connectivity index (χ0n) is 13.2. The molecule has 0 atom stereocenters. The van der Waals surface area contributed by atoms with Gasteiger partial charge in [0.25, 0.3) is 5.91 Å². The van der Waals surface area contributed by atoms with E-state index >= 15 is 0 Å². The number of aromatic nitrogens is 1. The standard InChI is InChI=1S/C17H20N2O4/c1-18-17(20)14-10-15(21-2)16(11-19-14)23-9-8-22-12-13-6-4-3-5-7-13/h3-7,10-11H,8-9,12H2,1-2H3,(H,18,20). The van der Waals surface area contributed by atoms with Crippen molar-refractivity contribution >= 4 is 5.91 Å². The fourth-order valence-corrected chi connectivity index (χ4v) is 1.92. The number of ether oxygens (including phenoxy) is 3. The molecule has 0 fully saturated rings. The number of methoxy groups -OCH3 is 1. The van der Waals surface area contributed by atoms with E-state index in [9.17, 15) is 4.79 Å². The molecule has 1 N–H and O–H groups in total. The van der Waals surface area contributed by atoms with Crippen LogP contribution in [0.5, 0.6) is 11.5 Å². The van der Waals surface area contributed by atoms with Crippen molar-refractivity contribution in [3.05, 3.63) is 53.9 Å². The van der Waals surface area contributed by atoms with Gasteiger partial charge in [0.2, 0.25) is 0 Å². The van der Waals surface area contributed by atoms with Crippen molar-refractivity contribution in [2.75, 3.05) is 27.4 Å². The van der Waals surface area contributed by atoms with Gasteiger partial charge in [-0.05, 0) is 5.56 Å². The van der Waals surface area contributed by atoms with Crippen LogP contribution in [0.15, 0.2) is 42.6 Å². The molecule has 0 aliphatic rings. The summed E-state index contributed by atoms with van der Waals surface area (Å²) in [4.78, 5) is 15.6. The van der Waals surface area contributed by atoms with Crippen LogP contribution in [0.25, 0.3) is 0 Å². The van der Waals surface area contributed by atoms with Crippen LogP contribution >= 0.6 is 0 Å². The number of carbonyl (C=O) groups is 1. The summed E-state index contributed by atoms with van der Waals surface area (Å²) in [7, 11) is 3.06. The molecule has 0 unspecified atom stereocenters. The minimum Gasteiger partial charge on any atom is -0.493 e. The van der Waals surface area contributed by atoms with Gasteiger partial charge >= 0.3 is 0 Å². The Balaban J connectivity index is 1.82. The van der Waals surface area contributed by atoms with Gasteiger partial charge < -0.3 is 19.5 Å². The van der Waals surface area contributed by atoms with Crippen molar-refractivity contribution in [3.63, 3.8) is 0 Å². The summed E-state index contributed by atoms with van der Waals surface area (Å²) in [6, 6.07) is 11.5. The molecule has 0 saturated carbocycles. The number of carbonyl (C=O) groups excluding carboxylic acids is 1. The normalized spacial score (nSPS) is 10.2. The largest absolute Gasteiger partial charge is 0.493 e. The van der Waals surface area contributed by atoms with Gasteiger partial charge in [0, 0.05) is 13.1 Å². The number of pyridine rings is 1. The van der Waals surface area contributed by atoms with Gasteiger partial charge in [-0.25, -0.2) is 4.98 Å². The van der Waals surface area contributed by atoms with Crippen LogP contribution in [0.2, 0.25) is 0 Å². The Bertz CT molecular complexity index is 632. The first-order valence-corrected chi connectivity index (χ1v) is 7.25. The molecule has 6 nitrogen and oxygen atoms in total. The van der Waals surface area contributed by atoms with Crippen LogP contribution < -0.4 is 14.8 Å². The zero-order valence-corrected chi connectivity index (χ0v) is 13.2. The Hall–Kier alpha value is -2.60. The van der Waals surface area contributed by atoms with E-state index in [0.717, 1.165) is 5.56 Å². The van der Waals surface area contributed by atoms with E-state index in [0.29, 0.717) is 31.3 Å². The highest BCUT2D eigenvalue weighted by atomic mass is 16.5. The molecule has 2 aromatic rings. The van der Waals surface area contributed by atoms with E-state index in [1.165, 1.54) is 13.3 Å². The number of hydrogen-bond donors (Lipinski definition) is 1. The third-order valence-electron chi connectivity index (χ3n) is 3.11.